The van der Waals surface area contributed by atoms with Crippen LogP contribution >= 0.6 is 11.3 Å². The molecule has 0 spiro atoms. The first kappa shape index (κ1) is 15.1. The lowest BCUT2D eigenvalue weighted by molar-refractivity contribution is -0.132. The molecule has 1 aliphatic heterocycles. The molecule has 1 saturated carbocycles. The summed E-state index contributed by atoms with van der Waals surface area (Å²) in [6, 6.07) is 0. The molecule has 1 saturated heterocycles. The number of nitrogens with zero attached hydrogens (tertiary/aromatic N) is 4. The number of thiazole rings is 1. The van der Waals surface area contributed by atoms with Crippen molar-refractivity contribution in [3.8, 4) is 0 Å². The molecule has 0 atom stereocenters. The van der Waals surface area contributed by atoms with Crippen LogP contribution in [0.25, 0.3) is 4.96 Å². The summed E-state index contributed by atoms with van der Waals surface area (Å²) in [5, 5.41) is 2.13. The number of aromatic nitrogens is 2. The van der Waals surface area contributed by atoms with Crippen LogP contribution in [0.4, 0.5) is 0 Å². The van der Waals surface area contributed by atoms with E-state index in [-0.39, 0.29) is 0 Å². The SMILES string of the molecule is Cc1cn2c(CCC(=O)N3CCN(CC4CC4)CC3)csc2n1. The lowest BCUT2D eigenvalue weighted by Gasteiger charge is -2.34. The predicted molar refractivity (Wildman–Crippen MR) is 91.9 cm³/mol. The zero-order valence-corrected chi connectivity index (χ0v) is 14.5. The van der Waals surface area contributed by atoms with Gasteiger partial charge in [-0.15, -0.1) is 11.3 Å². The molecule has 23 heavy (non-hydrogen) atoms. The highest BCUT2D eigenvalue weighted by Crippen LogP contribution is 2.30. The standard InChI is InChI=1S/C17H24N4OS/c1-13-10-21-15(12-23-17(21)18-13)4-5-16(22)20-8-6-19(7-9-20)11-14-2-3-14/h10,12,14H,2-9,11H2,1H3. The maximum absolute atomic E-state index is 12.5. The van der Waals surface area contributed by atoms with Gasteiger partial charge in [0.2, 0.25) is 5.91 Å². The fourth-order valence-electron chi connectivity index (χ4n) is 3.36. The van der Waals surface area contributed by atoms with Crippen LogP contribution in [0.2, 0.25) is 0 Å². The van der Waals surface area contributed by atoms with E-state index in [1.807, 2.05) is 11.8 Å². The average Bonchev–Trinajstić information content (AvgIpc) is 3.17. The second kappa shape index (κ2) is 6.24. The van der Waals surface area contributed by atoms with Gasteiger partial charge in [-0.3, -0.25) is 14.1 Å². The highest BCUT2D eigenvalue weighted by atomic mass is 32.1. The second-order valence-electron chi connectivity index (χ2n) is 6.89. The zero-order chi connectivity index (χ0) is 15.8. The maximum atomic E-state index is 12.5. The minimum Gasteiger partial charge on any atom is -0.340 e. The van der Waals surface area contributed by atoms with Crippen molar-refractivity contribution in [2.24, 2.45) is 5.92 Å². The Labute approximate surface area is 140 Å². The van der Waals surface area contributed by atoms with Gasteiger partial charge in [0.25, 0.3) is 0 Å². The van der Waals surface area contributed by atoms with Gasteiger partial charge in [-0.2, -0.15) is 0 Å². The zero-order valence-electron chi connectivity index (χ0n) is 13.7. The first-order valence-corrected chi connectivity index (χ1v) is 9.49. The van der Waals surface area contributed by atoms with Gasteiger partial charge in [-0.25, -0.2) is 4.98 Å². The summed E-state index contributed by atoms with van der Waals surface area (Å²) in [5.74, 6) is 1.24. The summed E-state index contributed by atoms with van der Waals surface area (Å²) in [4.78, 5) is 22.5. The van der Waals surface area contributed by atoms with Crippen LogP contribution in [-0.4, -0.2) is 57.8 Å². The number of carbonyl (C=O) groups excluding carboxylic acids is 1. The van der Waals surface area contributed by atoms with E-state index >= 15 is 0 Å². The number of amides is 1. The average molecular weight is 332 g/mol. The normalized spacial score (nSPS) is 19.6. The van der Waals surface area contributed by atoms with Gasteiger partial charge in [-0.1, -0.05) is 0 Å². The van der Waals surface area contributed by atoms with Gasteiger partial charge in [0.05, 0.1) is 5.69 Å². The Kier molecular flexibility index (Phi) is 4.11. The maximum Gasteiger partial charge on any atom is 0.223 e. The topological polar surface area (TPSA) is 40.9 Å². The second-order valence-corrected chi connectivity index (χ2v) is 7.72. The summed E-state index contributed by atoms with van der Waals surface area (Å²) >= 11 is 1.65. The molecule has 2 aromatic rings. The molecular weight excluding hydrogens is 308 g/mol. The molecule has 6 heteroatoms. The molecule has 2 fully saturated rings. The van der Waals surface area contributed by atoms with Gasteiger partial charge >= 0.3 is 0 Å². The Bertz CT molecular complexity index is 695. The number of fused-ring (bicyclic) bond motifs is 1. The molecule has 0 unspecified atom stereocenters. The molecule has 124 valence electrons. The molecule has 3 heterocycles. The van der Waals surface area contributed by atoms with Gasteiger partial charge in [0.1, 0.15) is 0 Å². The molecule has 0 aromatic carbocycles. The van der Waals surface area contributed by atoms with E-state index in [1.54, 1.807) is 11.3 Å². The lowest BCUT2D eigenvalue weighted by Crippen LogP contribution is -2.49. The number of aryl methyl sites for hydroxylation is 2. The Morgan fingerprint density at radius 2 is 2.09 bits per heavy atom. The summed E-state index contributed by atoms with van der Waals surface area (Å²) in [5.41, 5.74) is 2.24. The molecule has 0 bridgehead atoms. The Hall–Kier alpha value is -1.40. The van der Waals surface area contributed by atoms with Crippen molar-refractivity contribution in [3.63, 3.8) is 0 Å². The summed E-state index contributed by atoms with van der Waals surface area (Å²) < 4.78 is 2.13. The molecule has 1 aliphatic carbocycles. The van der Waals surface area contributed by atoms with E-state index in [4.69, 9.17) is 0 Å². The third-order valence-electron chi connectivity index (χ3n) is 4.94. The van der Waals surface area contributed by atoms with Crippen LogP contribution in [0.1, 0.15) is 30.7 Å². The highest BCUT2D eigenvalue weighted by molar-refractivity contribution is 7.15. The van der Waals surface area contributed by atoms with Crippen molar-refractivity contribution in [2.45, 2.75) is 32.6 Å². The van der Waals surface area contributed by atoms with Crippen LogP contribution in [0.5, 0.6) is 0 Å². The van der Waals surface area contributed by atoms with Crippen molar-refractivity contribution in [3.05, 3.63) is 23.0 Å². The minimum atomic E-state index is 0.298. The molecule has 4 rings (SSSR count). The number of imidazole rings is 1. The number of hydrogen-bond acceptors (Lipinski definition) is 4. The Balaban J connectivity index is 1.28. The minimum absolute atomic E-state index is 0.298. The van der Waals surface area contributed by atoms with Crippen molar-refractivity contribution >= 4 is 22.2 Å². The molecule has 2 aliphatic rings. The van der Waals surface area contributed by atoms with E-state index in [9.17, 15) is 4.79 Å². The van der Waals surface area contributed by atoms with Crippen LogP contribution in [0.3, 0.4) is 0 Å². The van der Waals surface area contributed by atoms with Crippen LogP contribution in [0, 0.1) is 12.8 Å². The first-order valence-electron chi connectivity index (χ1n) is 8.61. The smallest absolute Gasteiger partial charge is 0.223 e. The van der Waals surface area contributed by atoms with Gasteiger partial charge in [0, 0.05) is 56.4 Å². The van der Waals surface area contributed by atoms with Crippen LogP contribution in [-0.2, 0) is 11.2 Å². The van der Waals surface area contributed by atoms with Gasteiger partial charge < -0.3 is 4.90 Å². The number of carbonyl (C=O) groups is 1. The Morgan fingerprint density at radius 3 is 2.83 bits per heavy atom. The van der Waals surface area contributed by atoms with Crippen molar-refractivity contribution in [2.75, 3.05) is 32.7 Å². The van der Waals surface area contributed by atoms with Crippen molar-refractivity contribution in [1.82, 2.24) is 19.2 Å². The van der Waals surface area contributed by atoms with Crippen molar-refractivity contribution < 1.29 is 4.79 Å². The molecular formula is C17H24N4OS. The number of hydrogen-bond donors (Lipinski definition) is 0. The molecule has 1 amide bonds. The monoisotopic (exact) mass is 332 g/mol. The number of rotatable bonds is 5. The summed E-state index contributed by atoms with van der Waals surface area (Å²) in [7, 11) is 0. The fraction of sp³-hybridized carbons (Fsp3) is 0.647. The van der Waals surface area contributed by atoms with Crippen LogP contribution in [0.15, 0.2) is 11.6 Å². The van der Waals surface area contributed by atoms with Crippen LogP contribution < -0.4 is 0 Å². The van der Waals surface area contributed by atoms with E-state index in [1.165, 1.54) is 25.1 Å². The first-order chi connectivity index (χ1) is 11.2. The third-order valence-corrected chi connectivity index (χ3v) is 5.83. The predicted octanol–water partition coefficient (Wildman–Crippen LogP) is 2.19. The molecule has 0 radical (unpaired) electrons. The fourth-order valence-corrected chi connectivity index (χ4v) is 4.31. The third kappa shape index (κ3) is 3.43. The largest absolute Gasteiger partial charge is 0.340 e. The Morgan fingerprint density at radius 1 is 1.30 bits per heavy atom. The molecule has 5 nitrogen and oxygen atoms in total. The molecule has 0 N–H and O–H groups in total. The summed E-state index contributed by atoms with van der Waals surface area (Å²) in [6.07, 6.45) is 6.27. The van der Waals surface area contributed by atoms with Crippen molar-refractivity contribution in [1.29, 1.82) is 0 Å². The van der Waals surface area contributed by atoms with E-state index < -0.39 is 0 Å². The van der Waals surface area contributed by atoms with E-state index in [0.29, 0.717) is 12.3 Å². The highest BCUT2D eigenvalue weighted by Gasteiger charge is 2.27. The lowest BCUT2D eigenvalue weighted by atomic mass is 10.2. The number of piperazine rings is 1. The molecule has 2 aromatic heterocycles. The quantitative estimate of drug-likeness (QED) is 0.843. The van der Waals surface area contributed by atoms with Gasteiger partial charge in [-0.05, 0) is 32.1 Å². The van der Waals surface area contributed by atoms with Gasteiger partial charge in [0.15, 0.2) is 4.96 Å². The van der Waals surface area contributed by atoms with E-state index in [0.717, 1.165) is 49.2 Å². The summed E-state index contributed by atoms with van der Waals surface area (Å²) in [6.45, 7) is 7.14. The van der Waals surface area contributed by atoms with E-state index in [2.05, 4.69) is 25.9 Å².